The van der Waals surface area contributed by atoms with Gasteiger partial charge in [-0.1, -0.05) is 59.1 Å². The molecule has 0 aliphatic carbocycles. The number of nitrogens with one attached hydrogen (secondary N) is 2. The van der Waals surface area contributed by atoms with Gasteiger partial charge >= 0.3 is 0 Å². The molecule has 7 aromatic rings. The summed E-state index contributed by atoms with van der Waals surface area (Å²) in [4.78, 5) is 8.70. The van der Waals surface area contributed by atoms with E-state index < -0.39 is 20.2 Å². The topological polar surface area (TPSA) is 201 Å². The van der Waals surface area contributed by atoms with Gasteiger partial charge in [-0.2, -0.15) is 16.8 Å². The monoisotopic (exact) mass is 876 g/mol. The molecule has 0 aliphatic heterocycles. The van der Waals surface area contributed by atoms with Gasteiger partial charge in [0.15, 0.2) is 0 Å². The van der Waals surface area contributed by atoms with E-state index in [-0.39, 0.29) is 28.8 Å². The Kier molecular flexibility index (Phi) is 15.9. The molecule has 0 radical (unpaired) electrons. The molecule has 0 aliphatic rings. The van der Waals surface area contributed by atoms with Crippen molar-refractivity contribution in [3.05, 3.63) is 161 Å². The molecule has 0 spiro atoms. The van der Waals surface area contributed by atoms with E-state index >= 15 is 0 Å². The Morgan fingerprint density at radius 2 is 1.45 bits per heavy atom. The number of aliphatic hydroxyl groups excluding tert-OH is 1. The SMILES string of the molecule is Cc1ccc(S(=O)(=O)O)cc1.Cc1ccc(S(=O)(=O)O)cc1.OCCCNCc1ccc(-c2ccc3ncnc(Nc4ccc(OCc5cccc(F)c5)c(Cl)c4)c3c2)o1. The first-order chi connectivity index (χ1) is 28.6. The number of fused-ring (bicyclic) bond motifs is 1. The van der Waals surface area contributed by atoms with Gasteiger partial charge in [0.1, 0.15) is 41.8 Å². The number of furan rings is 1. The van der Waals surface area contributed by atoms with Gasteiger partial charge in [-0.15, -0.1) is 0 Å². The average Bonchev–Trinajstić information content (AvgIpc) is 3.68. The van der Waals surface area contributed by atoms with E-state index in [1.807, 2.05) is 50.2 Å². The first-order valence-corrected chi connectivity index (χ1v) is 21.5. The lowest BCUT2D eigenvalue weighted by Gasteiger charge is -2.12. The zero-order valence-corrected chi connectivity index (χ0v) is 34.8. The van der Waals surface area contributed by atoms with E-state index in [2.05, 4.69) is 20.6 Å². The number of aliphatic hydroxyl groups is 1. The maximum atomic E-state index is 13.4. The summed E-state index contributed by atoms with van der Waals surface area (Å²) in [6, 6.07) is 33.3. The minimum Gasteiger partial charge on any atom is -0.487 e. The smallest absolute Gasteiger partial charge is 0.294 e. The summed E-state index contributed by atoms with van der Waals surface area (Å²) in [6.07, 6.45) is 2.20. The van der Waals surface area contributed by atoms with Gasteiger partial charge < -0.3 is 24.9 Å². The fourth-order valence-corrected chi connectivity index (χ4v) is 6.59. The van der Waals surface area contributed by atoms with Crippen LogP contribution in [0, 0.1) is 19.7 Å². The lowest BCUT2D eigenvalue weighted by molar-refractivity contribution is 0.285. The van der Waals surface area contributed by atoms with Gasteiger partial charge in [0.25, 0.3) is 20.2 Å². The van der Waals surface area contributed by atoms with Crippen molar-refractivity contribution < 1.29 is 44.6 Å². The Bertz CT molecular complexity index is 2660. The van der Waals surface area contributed by atoms with Crippen LogP contribution in [0.2, 0.25) is 5.02 Å². The number of ether oxygens (including phenoxy) is 1. The number of aryl methyl sites for hydroxylation is 2. The lowest BCUT2D eigenvalue weighted by atomic mass is 10.1. The van der Waals surface area contributed by atoms with Gasteiger partial charge in [0.05, 0.1) is 26.9 Å². The van der Waals surface area contributed by atoms with E-state index in [1.165, 1.54) is 42.7 Å². The van der Waals surface area contributed by atoms with Gasteiger partial charge in [-0.05, 0) is 117 Å². The molecule has 2 aromatic heterocycles. The molecular formula is C43H42ClFN4O9S2. The van der Waals surface area contributed by atoms with Crippen LogP contribution in [0.25, 0.3) is 22.2 Å². The van der Waals surface area contributed by atoms with Crippen molar-refractivity contribution in [1.82, 2.24) is 15.3 Å². The molecule has 0 saturated carbocycles. The molecule has 0 unspecified atom stereocenters. The molecule has 17 heteroatoms. The Morgan fingerprint density at radius 3 is 2.05 bits per heavy atom. The second kappa shape index (κ2) is 21.0. The molecule has 60 heavy (non-hydrogen) atoms. The largest absolute Gasteiger partial charge is 0.487 e. The van der Waals surface area contributed by atoms with Crippen LogP contribution in [0.1, 0.15) is 28.9 Å². The molecule has 5 N–H and O–H groups in total. The molecule has 13 nitrogen and oxygen atoms in total. The maximum absolute atomic E-state index is 13.4. The number of nitrogens with zero attached hydrogens (tertiary/aromatic N) is 2. The van der Waals surface area contributed by atoms with Crippen molar-refractivity contribution in [2.24, 2.45) is 0 Å². The number of aromatic nitrogens is 2. The van der Waals surface area contributed by atoms with Crippen molar-refractivity contribution >= 4 is 54.2 Å². The second-order valence-electron chi connectivity index (χ2n) is 13.2. The van der Waals surface area contributed by atoms with Crippen molar-refractivity contribution in [2.45, 2.75) is 43.2 Å². The van der Waals surface area contributed by atoms with Crippen LogP contribution in [0.15, 0.2) is 142 Å². The van der Waals surface area contributed by atoms with Crippen molar-refractivity contribution in [3.63, 3.8) is 0 Å². The van der Waals surface area contributed by atoms with E-state index in [1.54, 1.807) is 48.5 Å². The summed E-state index contributed by atoms with van der Waals surface area (Å²) >= 11 is 6.47. The highest BCUT2D eigenvalue weighted by molar-refractivity contribution is 7.86. The maximum Gasteiger partial charge on any atom is 0.294 e. The molecule has 0 bridgehead atoms. The van der Waals surface area contributed by atoms with Crippen LogP contribution < -0.4 is 15.4 Å². The van der Waals surface area contributed by atoms with Crippen LogP contribution in [-0.2, 0) is 33.4 Å². The minimum absolute atomic E-state index is 0.0666. The van der Waals surface area contributed by atoms with Gasteiger partial charge in [0, 0.05) is 23.2 Å². The number of benzene rings is 5. The van der Waals surface area contributed by atoms with Gasteiger partial charge in [-0.3, -0.25) is 9.11 Å². The summed E-state index contributed by atoms with van der Waals surface area (Å²) in [5.74, 6) is 2.36. The van der Waals surface area contributed by atoms with Crippen LogP contribution in [0.5, 0.6) is 5.75 Å². The molecular weight excluding hydrogens is 835 g/mol. The molecule has 0 atom stereocenters. The van der Waals surface area contributed by atoms with Gasteiger partial charge in [-0.25, -0.2) is 14.4 Å². The zero-order chi connectivity index (χ0) is 43.3. The van der Waals surface area contributed by atoms with E-state index in [0.29, 0.717) is 35.1 Å². The van der Waals surface area contributed by atoms with Gasteiger partial charge in [0.2, 0.25) is 0 Å². The van der Waals surface area contributed by atoms with Crippen LogP contribution >= 0.6 is 11.6 Å². The third kappa shape index (κ3) is 13.7. The van der Waals surface area contributed by atoms with E-state index in [9.17, 15) is 21.2 Å². The standard InChI is InChI=1S/C29H26ClFN4O3.2C7H8O3S/c30-25-15-22(6-9-28(25)37-17-19-3-1-4-21(31)13-19)35-29-24-14-20(5-8-26(24)33-18-34-29)27-10-7-23(38-27)16-32-11-2-12-36;2*1-6-2-4-7(5-3-6)11(8,9)10/h1,3-10,13-15,18,32,36H,2,11-12,16-17H2,(H,33,34,35);2*2-5H,1H3,(H,8,9,10). The normalized spacial score (nSPS) is 11.2. The number of halogens is 2. The number of hydrogen-bond acceptors (Lipinski definition) is 11. The highest BCUT2D eigenvalue weighted by Crippen LogP contribution is 2.33. The fourth-order valence-electron chi connectivity index (χ4n) is 5.39. The zero-order valence-electron chi connectivity index (χ0n) is 32.4. The summed E-state index contributed by atoms with van der Waals surface area (Å²) in [6.45, 7) is 5.36. The quantitative estimate of drug-likeness (QED) is 0.0543. The first kappa shape index (κ1) is 45.4. The highest BCUT2D eigenvalue weighted by Gasteiger charge is 2.12. The van der Waals surface area contributed by atoms with E-state index in [0.717, 1.165) is 51.3 Å². The fraction of sp³-hybridized carbons (Fsp3) is 0.163. The van der Waals surface area contributed by atoms with Crippen molar-refractivity contribution in [3.8, 4) is 17.1 Å². The lowest BCUT2D eigenvalue weighted by Crippen LogP contribution is -2.15. The minimum atomic E-state index is -4.02. The number of rotatable bonds is 13. The summed E-state index contributed by atoms with van der Waals surface area (Å²) < 4.78 is 84.3. The van der Waals surface area contributed by atoms with Crippen LogP contribution in [-0.4, -0.2) is 54.2 Å². The van der Waals surface area contributed by atoms with Crippen molar-refractivity contribution in [2.75, 3.05) is 18.5 Å². The average molecular weight is 877 g/mol. The molecule has 314 valence electrons. The van der Waals surface area contributed by atoms with E-state index in [4.69, 9.17) is 35.0 Å². The predicted molar refractivity (Wildman–Crippen MR) is 228 cm³/mol. The molecule has 0 fully saturated rings. The second-order valence-corrected chi connectivity index (χ2v) is 16.5. The molecule has 2 heterocycles. The Hall–Kier alpha value is -5.72. The Labute approximate surface area is 352 Å². The molecule has 7 rings (SSSR count). The predicted octanol–water partition coefficient (Wildman–Crippen LogP) is 8.96. The summed E-state index contributed by atoms with van der Waals surface area (Å²) in [7, 11) is -8.04. The van der Waals surface area contributed by atoms with Crippen LogP contribution in [0.3, 0.4) is 0 Å². The Balaban J connectivity index is 0.000000252. The molecule has 0 saturated heterocycles. The number of anilines is 2. The number of hydrogen-bond donors (Lipinski definition) is 5. The summed E-state index contributed by atoms with van der Waals surface area (Å²) in [5, 5.41) is 16.7. The summed E-state index contributed by atoms with van der Waals surface area (Å²) in [5.41, 5.74) is 5.04. The molecule has 0 amide bonds. The first-order valence-electron chi connectivity index (χ1n) is 18.3. The third-order valence-electron chi connectivity index (χ3n) is 8.51. The Morgan fingerprint density at radius 1 is 0.783 bits per heavy atom. The van der Waals surface area contributed by atoms with Crippen LogP contribution in [0.4, 0.5) is 15.9 Å². The molecule has 5 aromatic carbocycles. The highest BCUT2D eigenvalue weighted by atomic mass is 35.5. The van der Waals surface area contributed by atoms with Crippen molar-refractivity contribution in [1.29, 1.82) is 0 Å². The third-order valence-corrected chi connectivity index (χ3v) is 10.5.